The summed E-state index contributed by atoms with van der Waals surface area (Å²) in [5, 5.41) is 0. The van der Waals surface area contributed by atoms with Crippen molar-refractivity contribution in [3.63, 3.8) is 0 Å². The molecule has 0 heterocycles. The van der Waals surface area contributed by atoms with Gasteiger partial charge in [-0.3, -0.25) is 4.79 Å². The summed E-state index contributed by atoms with van der Waals surface area (Å²) in [6, 6.07) is 20.0. The molecule has 0 unspecified atom stereocenters. The fourth-order valence-electron chi connectivity index (χ4n) is 2.62. The second kappa shape index (κ2) is 6.99. The molecule has 0 fully saturated rings. The largest absolute Gasteiger partial charge is 0.449 e. The summed E-state index contributed by atoms with van der Waals surface area (Å²) in [7, 11) is 0. The van der Waals surface area contributed by atoms with Gasteiger partial charge < -0.3 is 4.74 Å². The van der Waals surface area contributed by atoms with Crippen LogP contribution < -0.4 is 0 Å². The first kappa shape index (κ1) is 17.3. The number of ether oxygens (including phenoxy) is 1. The maximum Gasteiger partial charge on any atom is 0.312 e. The van der Waals surface area contributed by atoms with E-state index in [1.165, 1.54) is 0 Å². The fourth-order valence-corrected chi connectivity index (χ4v) is 2.62. The van der Waals surface area contributed by atoms with Crippen molar-refractivity contribution in [3.05, 3.63) is 71.8 Å². The Bertz CT molecular complexity index is 590. The van der Waals surface area contributed by atoms with E-state index >= 15 is 0 Å². The molecule has 0 aliphatic heterocycles. The molecule has 0 spiro atoms. The maximum absolute atomic E-state index is 12.8. The van der Waals surface area contributed by atoms with Crippen LogP contribution in [0.1, 0.15) is 51.7 Å². The summed E-state index contributed by atoms with van der Waals surface area (Å²) in [6.45, 7) is 7.95. The van der Waals surface area contributed by atoms with Gasteiger partial charge >= 0.3 is 5.97 Å². The highest BCUT2D eigenvalue weighted by atomic mass is 16.6. The van der Waals surface area contributed by atoms with Gasteiger partial charge in [0.2, 0.25) is 0 Å². The van der Waals surface area contributed by atoms with Crippen molar-refractivity contribution in [1.82, 2.24) is 0 Å². The van der Waals surface area contributed by atoms with Gasteiger partial charge in [0.25, 0.3) is 0 Å². The van der Waals surface area contributed by atoms with Gasteiger partial charge in [0.1, 0.15) is 0 Å². The number of hydrogen-bond donors (Lipinski definition) is 0. The monoisotopic (exact) mass is 310 g/mol. The highest BCUT2D eigenvalue weighted by Gasteiger charge is 2.40. The third-order valence-electron chi connectivity index (χ3n) is 4.68. The van der Waals surface area contributed by atoms with Gasteiger partial charge in [0.15, 0.2) is 5.60 Å². The Morgan fingerprint density at radius 3 is 1.61 bits per heavy atom. The Hall–Kier alpha value is -2.09. The molecule has 0 aromatic heterocycles. The lowest BCUT2D eigenvalue weighted by Gasteiger charge is -2.36. The molecular formula is C21H26O2. The summed E-state index contributed by atoms with van der Waals surface area (Å²) in [6.07, 6.45) is 1.43. The molecule has 23 heavy (non-hydrogen) atoms. The van der Waals surface area contributed by atoms with E-state index in [0.717, 1.165) is 17.5 Å². The number of esters is 1. The minimum absolute atomic E-state index is 0.158. The van der Waals surface area contributed by atoms with Crippen LogP contribution in [0.25, 0.3) is 0 Å². The Morgan fingerprint density at radius 1 is 0.826 bits per heavy atom. The lowest BCUT2D eigenvalue weighted by Crippen LogP contribution is -2.38. The molecule has 2 rings (SSSR count). The van der Waals surface area contributed by atoms with Crippen LogP contribution in [0.15, 0.2) is 60.7 Å². The number of benzene rings is 2. The number of carbonyl (C=O) groups excluding carboxylic acids is 1. The second-order valence-corrected chi connectivity index (χ2v) is 6.54. The molecule has 0 amide bonds. The molecular weight excluding hydrogens is 284 g/mol. The van der Waals surface area contributed by atoms with Gasteiger partial charge in [0.05, 0.1) is 5.41 Å². The first-order chi connectivity index (χ1) is 11.0. The van der Waals surface area contributed by atoms with Crippen molar-refractivity contribution < 1.29 is 9.53 Å². The molecule has 0 aliphatic carbocycles. The molecule has 2 aromatic carbocycles. The van der Waals surface area contributed by atoms with E-state index in [1.54, 1.807) is 0 Å². The van der Waals surface area contributed by atoms with Crippen LogP contribution in [0.5, 0.6) is 0 Å². The van der Waals surface area contributed by atoms with Crippen LogP contribution in [0.3, 0.4) is 0 Å². The number of rotatable bonds is 6. The van der Waals surface area contributed by atoms with Crippen molar-refractivity contribution in [2.24, 2.45) is 5.41 Å². The van der Waals surface area contributed by atoms with Gasteiger partial charge in [-0.15, -0.1) is 0 Å². The van der Waals surface area contributed by atoms with E-state index in [-0.39, 0.29) is 5.97 Å². The average Bonchev–Trinajstić information content (AvgIpc) is 2.61. The van der Waals surface area contributed by atoms with Crippen LogP contribution >= 0.6 is 0 Å². The van der Waals surface area contributed by atoms with Crippen molar-refractivity contribution in [2.45, 2.75) is 46.1 Å². The molecule has 0 saturated carbocycles. The zero-order valence-corrected chi connectivity index (χ0v) is 14.5. The van der Waals surface area contributed by atoms with Crippen molar-refractivity contribution in [2.75, 3.05) is 0 Å². The van der Waals surface area contributed by atoms with Crippen LogP contribution in [-0.2, 0) is 15.1 Å². The van der Waals surface area contributed by atoms with Gasteiger partial charge in [-0.25, -0.2) is 0 Å². The Labute approximate surface area is 139 Å². The minimum Gasteiger partial charge on any atom is -0.449 e. The highest BCUT2D eigenvalue weighted by Crippen LogP contribution is 2.39. The van der Waals surface area contributed by atoms with E-state index in [0.29, 0.717) is 6.42 Å². The molecule has 2 heteroatoms. The van der Waals surface area contributed by atoms with Crippen molar-refractivity contribution in [3.8, 4) is 0 Å². The summed E-state index contributed by atoms with van der Waals surface area (Å²) >= 11 is 0. The van der Waals surface area contributed by atoms with Crippen molar-refractivity contribution >= 4 is 5.97 Å². The molecule has 0 radical (unpaired) electrons. The topological polar surface area (TPSA) is 26.3 Å². The average molecular weight is 310 g/mol. The summed E-state index contributed by atoms with van der Waals surface area (Å²) in [4.78, 5) is 12.8. The number of carbonyl (C=O) groups is 1. The van der Waals surface area contributed by atoms with Crippen LogP contribution in [-0.4, -0.2) is 5.97 Å². The Balaban J connectivity index is 2.54. The predicted octanol–water partition coefficient (Wildman–Crippen LogP) is 5.32. The molecule has 2 aromatic rings. The SMILES string of the molecule is CCC(C)(C)C(=O)OC(CC)(c1ccccc1)c1ccccc1. The summed E-state index contributed by atoms with van der Waals surface area (Å²) in [5.41, 5.74) is 0.777. The van der Waals surface area contributed by atoms with E-state index in [2.05, 4.69) is 6.92 Å². The quantitative estimate of drug-likeness (QED) is 0.675. The lowest BCUT2D eigenvalue weighted by atomic mass is 9.82. The highest BCUT2D eigenvalue weighted by molar-refractivity contribution is 5.77. The molecule has 0 bridgehead atoms. The lowest BCUT2D eigenvalue weighted by molar-refractivity contribution is -0.168. The van der Waals surface area contributed by atoms with Gasteiger partial charge in [-0.05, 0) is 26.7 Å². The van der Waals surface area contributed by atoms with Crippen molar-refractivity contribution in [1.29, 1.82) is 0 Å². The number of hydrogen-bond acceptors (Lipinski definition) is 2. The summed E-state index contributed by atoms with van der Waals surface area (Å²) in [5.74, 6) is -0.158. The van der Waals surface area contributed by atoms with Crippen LogP contribution in [0.2, 0.25) is 0 Å². The molecule has 0 N–H and O–H groups in total. The third kappa shape index (κ3) is 3.47. The molecule has 122 valence electrons. The van der Waals surface area contributed by atoms with Gasteiger partial charge in [-0.1, -0.05) is 74.5 Å². The Morgan fingerprint density at radius 2 is 1.26 bits per heavy atom. The second-order valence-electron chi connectivity index (χ2n) is 6.54. The van der Waals surface area contributed by atoms with Gasteiger partial charge in [0, 0.05) is 11.1 Å². The first-order valence-corrected chi connectivity index (χ1v) is 8.31. The molecule has 0 saturated heterocycles. The zero-order valence-electron chi connectivity index (χ0n) is 14.5. The van der Waals surface area contributed by atoms with E-state index in [1.807, 2.05) is 81.4 Å². The van der Waals surface area contributed by atoms with E-state index in [9.17, 15) is 4.79 Å². The predicted molar refractivity (Wildman–Crippen MR) is 94.1 cm³/mol. The van der Waals surface area contributed by atoms with Crippen LogP contribution in [0.4, 0.5) is 0 Å². The smallest absolute Gasteiger partial charge is 0.312 e. The summed E-state index contributed by atoms with van der Waals surface area (Å²) < 4.78 is 6.18. The van der Waals surface area contributed by atoms with Crippen LogP contribution in [0, 0.1) is 5.41 Å². The Kier molecular flexibility index (Phi) is 5.25. The molecule has 2 nitrogen and oxygen atoms in total. The maximum atomic E-state index is 12.8. The standard InChI is InChI=1S/C21H26O2/c1-5-20(3,4)19(22)23-21(6-2,17-13-9-7-10-14-17)18-15-11-8-12-16-18/h7-16H,5-6H2,1-4H3. The molecule has 0 aliphatic rings. The van der Waals surface area contributed by atoms with E-state index < -0.39 is 11.0 Å². The minimum atomic E-state index is -0.744. The third-order valence-corrected chi connectivity index (χ3v) is 4.68. The first-order valence-electron chi connectivity index (χ1n) is 8.31. The zero-order chi connectivity index (χ0) is 16.9. The fraction of sp³-hybridized carbons (Fsp3) is 0.381. The van der Waals surface area contributed by atoms with Gasteiger partial charge in [-0.2, -0.15) is 0 Å². The normalized spacial score (nSPS) is 12.0. The van der Waals surface area contributed by atoms with E-state index in [4.69, 9.17) is 4.74 Å². The molecule has 0 atom stereocenters.